The third-order valence-corrected chi connectivity index (χ3v) is 3.05. The van der Waals surface area contributed by atoms with Gasteiger partial charge in [-0.2, -0.15) is 0 Å². The third-order valence-electron chi connectivity index (χ3n) is 3.05. The summed E-state index contributed by atoms with van der Waals surface area (Å²) < 4.78 is 27.5. The van der Waals surface area contributed by atoms with Crippen LogP contribution in [0.5, 0.6) is 0 Å². The van der Waals surface area contributed by atoms with Gasteiger partial charge in [0.2, 0.25) is 5.91 Å². The first-order valence-corrected chi connectivity index (χ1v) is 11.8. The van der Waals surface area contributed by atoms with Crippen LogP contribution in [0.1, 0.15) is 33.6 Å². The van der Waals surface area contributed by atoms with Crippen molar-refractivity contribution < 1.29 is 47.3 Å². The molecular weight excluding hydrogens is 441 g/mol. The van der Waals surface area contributed by atoms with Crippen LogP contribution in [-0.2, 0) is 29.6 Å². The van der Waals surface area contributed by atoms with Gasteiger partial charge in [-0.25, -0.2) is 14.2 Å². The lowest BCUT2D eigenvalue weighted by molar-refractivity contribution is -0.126. The Balaban J connectivity index is 0. The highest BCUT2D eigenvalue weighted by molar-refractivity contribution is 7.83. The Hall–Kier alpha value is -2.11. The Kier molecular flexibility index (Phi) is 15.7. The molecule has 3 N–H and O–H groups in total. The van der Waals surface area contributed by atoms with E-state index in [2.05, 4.69) is 9.47 Å². The van der Waals surface area contributed by atoms with E-state index in [1.165, 1.54) is 26.4 Å². The van der Waals surface area contributed by atoms with Crippen LogP contribution in [0.25, 0.3) is 0 Å². The van der Waals surface area contributed by atoms with Crippen LogP contribution in [0.2, 0.25) is 0 Å². The number of methoxy groups -OCH3 is 2. The van der Waals surface area contributed by atoms with Crippen LogP contribution in [0.4, 0.5) is 0 Å². The van der Waals surface area contributed by atoms with Crippen LogP contribution in [-0.4, -0.2) is 82.0 Å². The summed E-state index contributed by atoms with van der Waals surface area (Å²) in [6.45, 7) is 0.957. The standard InChI is InChI=1S/C10H10O4.C5H9NO.C2H6OS.H3O4P/c1-13-9(11)7-5-3-4-6-8(7)10(12)14-2;1-6-4-2-3-5(6)7;1-4(2)3;1-5(2,3)4/h3-6H,1-2H3;2-4H2,1H3;1-2H3;(H3,1,2,3,4). The fraction of sp³-hybridized carbons (Fsp3) is 0.471. The Bertz CT molecular complexity index is 717. The highest BCUT2D eigenvalue weighted by Crippen LogP contribution is 2.25. The zero-order chi connectivity index (χ0) is 23.9. The van der Waals surface area contributed by atoms with Gasteiger partial charge in [0, 0.05) is 43.3 Å². The molecule has 0 saturated carbocycles. The normalized spacial score (nSPS) is 12.4. The summed E-state index contributed by atoms with van der Waals surface area (Å²) in [7, 11) is -0.887. The van der Waals surface area contributed by atoms with Crippen molar-refractivity contribution in [2.75, 3.05) is 40.3 Å². The molecule has 2 rings (SSSR count). The first-order chi connectivity index (χ1) is 13.7. The van der Waals surface area contributed by atoms with Crippen molar-refractivity contribution in [1.29, 1.82) is 0 Å². The largest absolute Gasteiger partial charge is 0.466 e. The predicted molar refractivity (Wildman–Crippen MR) is 110 cm³/mol. The van der Waals surface area contributed by atoms with Gasteiger partial charge in [0.1, 0.15) is 0 Å². The first-order valence-electron chi connectivity index (χ1n) is 8.27. The molecular formula is C17H28NO10PS. The third kappa shape index (κ3) is 16.8. The molecule has 11 nitrogen and oxygen atoms in total. The van der Waals surface area contributed by atoms with Crippen molar-refractivity contribution in [2.45, 2.75) is 12.8 Å². The van der Waals surface area contributed by atoms with E-state index in [0.29, 0.717) is 5.91 Å². The fourth-order valence-electron chi connectivity index (χ4n) is 1.84. The maximum Gasteiger partial charge on any atom is 0.466 e. The number of carbonyl (C=O) groups excluding carboxylic acids is 3. The minimum Gasteiger partial charge on any atom is -0.465 e. The quantitative estimate of drug-likeness (QED) is 0.411. The smallest absolute Gasteiger partial charge is 0.465 e. The van der Waals surface area contributed by atoms with E-state index in [-0.39, 0.29) is 11.1 Å². The molecule has 1 heterocycles. The second-order valence-corrected chi connectivity index (χ2v) is 8.21. The molecule has 0 atom stereocenters. The molecule has 30 heavy (non-hydrogen) atoms. The number of benzene rings is 1. The van der Waals surface area contributed by atoms with Crippen molar-refractivity contribution in [1.82, 2.24) is 4.90 Å². The number of likely N-dealkylation sites (tertiary alicyclic amines) is 1. The summed E-state index contributed by atoms with van der Waals surface area (Å²) >= 11 is 0. The Morgan fingerprint density at radius 3 is 1.53 bits per heavy atom. The molecule has 1 aromatic carbocycles. The average Bonchev–Trinajstić information content (AvgIpc) is 3.02. The van der Waals surface area contributed by atoms with E-state index in [9.17, 15) is 18.6 Å². The van der Waals surface area contributed by atoms with Gasteiger partial charge in [0.25, 0.3) is 0 Å². The fourth-order valence-corrected chi connectivity index (χ4v) is 1.84. The monoisotopic (exact) mass is 469 g/mol. The van der Waals surface area contributed by atoms with Gasteiger partial charge in [-0.3, -0.25) is 9.00 Å². The zero-order valence-electron chi connectivity index (χ0n) is 17.4. The second kappa shape index (κ2) is 15.7. The van der Waals surface area contributed by atoms with E-state index < -0.39 is 30.6 Å². The lowest BCUT2D eigenvalue weighted by Gasteiger charge is -2.04. The van der Waals surface area contributed by atoms with Crippen LogP contribution < -0.4 is 0 Å². The van der Waals surface area contributed by atoms with Gasteiger partial charge in [0.15, 0.2) is 0 Å². The maximum absolute atomic E-state index is 11.2. The maximum atomic E-state index is 11.2. The molecule has 1 aliphatic rings. The number of hydrogen-bond acceptors (Lipinski definition) is 7. The summed E-state index contributed by atoms with van der Waals surface area (Å²) in [5.41, 5.74) is 0.420. The van der Waals surface area contributed by atoms with E-state index in [1.807, 2.05) is 7.05 Å². The number of hydrogen-bond donors (Lipinski definition) is 3. The highest BCUT2D eigenvalue weighted by Gasteiger charge is 2.16. The minimum absolute atomic E-state index is 0.210. The van der Waals surface area contributed by atoms with Gasteiger partial charge in [0.05, 0.1) is 25.3 Å². The van der Waals surface area contributed by atoms with Gasteiger partial charge >= 0.3 is 19.8 Å². The number of nitrogens with zero attached hydrogens (tertiary/aromatic N) is 1. The highest BCUT2D eigenvalue weighted by atomic mass is 32.2. The Labute approximate surface area is 177 Å². The van der Waals surface area contributed by atoms with E-state index >= 15 is 0 Å². The van der Waals surface area contributed by atoms with Crippen LogP contribution in [0.15, 0.2) is 24.3 Å². The molecule has 172 valence electrons. The van der Waals surface area contributed by atoms with E-state index in [1.54, 1.807) is 29.5 Å². The molecule has 13 heteroatoms. The number of ether oxygens (including phenoxy) is 2. The molecule has 0 spiro atoms. The number of phosphoric acid groups is 1. The summed E-state index contributed by atoms with van der Waals surface area (Å²) in [4.78, 5) is 56.3. The SMILES string of the molecule is CN1CCCC1=O.COC(=O)c1ccccc1C(=O)OC.CS(C)=O.O=P(O)(O)O. The van der Waals surface area contributed by atoms with Gasteiger partial charge in [-0.1, -0.05) is 12.1 Å². The number of carbonyl (C=O) groups is 3. The molecule has 1 saturated heterocycles. The Morgan fingerprint density at radius 1 is 1.03 bits per heavy atom. The molecule has 1 aliphatic heterocycles. The number of rotatable bonds is 2. The van der Waals surface area contributed by atoms with Crippen molar-refractivity contribution in [3.8, 4) is 0 Å². The summed E-state index contributed by atoms with van der Waals surface area (Å²) in [5, 5.41) is 0. The summed E-state index contributed by atoms with van der Waals surface area (Å²) in [6, 6.07) is 6.33. The van der Waals surface area contributed by atoms with Crippen molar-refractivity contribution in [3.05, 3.63) is 35.4 Å². The average molecular weight is 469 g/mol. The number of esters is 2. The summed E-state index contributed by atoms with van der Waals surface area (Å²) in [5.74, 6) is -0.808. The predicted octanol–water partition coefficient (Wildman–Crippen LogP) is 0.565. The molecule has 0 bridgehead atoms. The molecule has 1 aromatic rings. The number of amides is 1. The van der Waals surface area contributed by atoms with E-state index in [0.717, 1.165) is 19.4 Å². The molecule has 0 aromatic heterocycles. The molecule has 0 unspecified atom stereocenters. The van der Waals surface area contributed by atoms with E-state index in [4.69, 9.17) is 19.2 Å². The molecule has 1 fully saturated rings. The molecule has 1 amide bonds. The van der Waals surface area contributed by atoms with Crippen molar-refractivity contribution >= 4 is 36.5 Å². The lowest BCUT2D eigenvalue weighted by Crippen LogP contribution is -2.17. The van der Waals surface area contributed by atoms with Crippen LogP contribution in [0.3, 0.4) is 0 Å². The van der Waals surface area contributed by atoms with Crippen LogP contribution in [0, 0.1) is 0 Å². The molecule has 0 radical (unpaired) electrons. The van der Waals surface area contributed by atoms with Crippen LogP contribution >= 0.6 is 7.82 Å². The second-order valence-electron chi connectivity index (χ2n) is 5.70. The van der Waals surface area contributed by atoms with Gasteiger partial charge in [-0.05, 0) is 18.6 Å². The van der Waals surface area contributed by atoms with Gasteiger partial charge < -0.3 is 29.1 Å². The zero-order valence-corrected chi connectivity index (χ0v) is 19.1. The van der Waals surface area contributed by atoms with Crippen molar-refractivity contribution in [3.63, 3.8) is 0 Å². The first kappa shape index (κ1) is 30.1. The minimum atomic E-state index is -4.64. The Morgan fingerprint density at radius 2 is 1.37 bits per heavy atom. The summed E-state index contributed by atoms with van der Waals surface area (Å²) in [6.07, 6.45) is 5.09. The topological polar surface area (TPSA) is 168 Å². The van der Waals surface area contributed by atoms with Gasteiger partial charge in [-0.15, -0.1) is 0 Å². The molecule has 0 aliphatic carbocycles. The lowest BCUT2D eigenvalue weighted by atomic mass is 10.1. The van der Waals surface area contributed by atoms with Crippen molar-refractivity contribution in [2.24, 2.45) is 0 Å².